The lowest BCUT2D eigenvalue weighted by Gasteiger charge is -2.15. The van der Waals surface area contributed by atoms with Crippen molar-refractivity contribution in [2.45, 2.75) is 20.1 Å². The van der Waals surface area contributed by atoms with Crippen LogP contribution in [0.15, 0.2) is 35.0 Å². The van der Waals surface area contributed by atoms with Crippen LogP contribution in [0.25, 0.3) is 0 Å². The second-order valence-electron chi connectivity index (χ2n) is 4.13. The summed E-state index contributed by atoms with van der Waals surface area (Å²) in [5, 5.41) is 7.31. The maximum Gasteiger partial charge on any atom is 0.166 e. The molecular formula is C15H19NO2S. The summed E-state index contributed by atoms with van der Waals surface area (Å²) in [7, 11) is 1.93. The molecule has 0 aliphatic rings. The number of hydrogen-bond acceptors (Lipinski definition) is 4. The van der Waals surface area contributed by atoms with Gasteiger partial charge in [-0.05, 0) is 42.4 Å². The maximum absolute atomic E-state index is 5.96. The summed E-state index contributed by atoms with van der Waals surface area (Å²) in [5.41, 5.74) is 2.30. The fourth-order valence-electron chi connectivity index (χ4n) is 1.85. The van der Waals surface area contributed by atoms with Crippen LogP contribution in [0.5, 0.6) is 11.5 Å². The number of benzene rings is 1. The van der Waals surface area contributed by atoms with E-state index in [2.05, 4.69) is 28.2 Å². The third kappa shape index (κ3) is 3.72. The Balaban J connectivity index is 2.18. The molecule has 3 nitrogen and oxygen atoms in total. The van der Waals surface area contributed by atoms with Crippen molar-refractivity contribution in [2.24, 2.45) is 0 Å². The molecule has 0 saturated heterocycles. The molecule has 0 unspecified atom stereocenters. The van der Waals surface area contributed by atoms with Crippen LogP contribution in [0.3, 0.4) is 0 Å². The molecule has 1 heterocycles. The van der Waals surface area contributed by atoms with Crippen molar-refractivity contribution in [1.29, 1.82) is 0 Å². The molecule has 1 N–H and O–H groups in total. The molecule has 0 amide bonds. The summed E-state index contributed by atoms with van der Waals surface area (Å²) in [5.74, 6) is 1.65. The van der Waals surface area contributed by atoms with E-state index in [0.717, 1.165) is 23.6 Å². The van der Waals surface area contributed by atoms with Gasteiger partial charge in [0.05, 0.1) is 6.61 Å². The van der Waals surface area contributed by atoms with Crippen LogP contribution >= 0.6 is 11.3 Å². The summed E-state index contributed by atoms with van der Waals surface area (Å²) in [6.45, 7) is 3.95. The molecule has 102 valence electrons. The lowest BCUT2D eigenvalue weighted by molar-refractivity contribution is 0.266. The molecule has 0 bridgehead atoms. The lowest BCUT2D eigenvalue weighted by Crippen LogP contribution is -2.09. The number of nitrogens with one attached hydrogen (secondary N) is 1. The van der Waals surface area contributed by atoms with Crippen LogP contribution in [-0.2, 0) is 13.2 Å². The predicted molar refractivity (Wildman–Crippen MR) is 79.0 cm³/mol. The third-order valence-electron chi connectivity index (χ3n) is 2.69. The molecule has 4 heteroatoms. The molecule has 1 aromatic heterocycles. The Morgan fingerprint density at radius 2 is 2.11 bits per heavy atom. The van der Waals surface area contributed by atoms with Crippen molar-refractivity contribution in [3.8, 4) is 11.5 Å². The number of thiophene rings is 1. The SMILES string of the molecule is CCOc1cccc(CNC)c1OCc1ccsc1. The van der Waals surface area contributed by atoms with Crippen LogP contribution < -0.4 is 14.8 Å². The molecule has 0 saturated carbocycles. The van der Waals surface area contributed by atoms with Gasteiger partial charge in [0.2, 0.25) is 0 Å². The van der Waals surface area contributed by atoms with Crippen LogP contribution in [0, 0.1) is 0 Å². The number of rotatable bonds is 7. The van der Waals surface area contributed by atoms with E-state index in [9.17, 15) is 0 Å². The Hall–Kier alpha value is -1.52. The summed E-state index contributed by atoms with van der Waals surface area (Å²) in [4.78, 5) is 0. The van der Waals surface area contributed by atoms with Crippen LogP contribution in [-0.4, -0.2) is 13.7 Å². The smallest absolute Gasteiger partial charge is 0.166 e. The minimum atomic E-state index is 0.574. The van der Waals surface area contributed by atoms with Gasteiger partial charge in [0.25, 0.3) is 0 Å². The van der Waals surface area contributed by atoms with E-state index in [4.69, 9.17) is 9.47 Å². The fraction of sp³-hybridized carbons (Fsp3) is 0.333. The van der Waals surface area contributed by atoms with Crippen LogP contribution in [0.2, 0.25) is 0 Å². The van der Waals surface area contributed by atoms with Gasteiger partial charge in [-0.2, -0.15) is 11.3 Å². The monoisotopic (exact) mass is 277 g/mol. The van der Waals surface area contributed by atoms with E-state index in [1.54, 1.807) is 11.3 Å². The zero-order valence-electron chi connectivity index (χ0n) is 11.3. The van der Waals surface area contributed by atoms with Gasteiger partial charge in [0.15, 0.2) is 11.5 Å². The van der Waals surface area contributed by atoms with Gasteiger partial charge < -0.3 is 14.8 Å². The quantitative estimate of drug-likeness (QED) is 0.841. The van der Waals surface area contributed by atoms with Crippen molar-refractivity contribution in [3.63, 3.8) is 0 Å². The van der Waals surface area contributed by atoms with Crippen LogP contribution in [0.4, 0.5) is 0 Å². The van der Waals surface area contributed by atoms with Gasteiger partial charge >= 0.3 is 0 Å². The second-order valence-corrected chi connectivity index (χ2v) is 4.91. The van der Waals surface area contributed by atoms with E-state index in [-0.39, 0.29) is 0 Å². The standard InChI is InChI=1S/C15H19NO2S/c1-3-17-14-6-4-5-13(9-16-2)15(14)18-10-12-7-8-19-11-12/h4-8,11,16H,3,9-10H2,1-2H3. The Bertz CT molecular complexity index is 473. The van der Waals surface area contributed by atoms with Crippen molar-refractivity contribution in [3.05, 3.63) is 46.2 Å². The molecular weight excluding hydrogens is 258 g/mol. The Kier molecular flexibility index (Phi) is 5.24. The van der Waals surface area contributed by atoms with Gasteiger partial charge in [-0.15, -0.1) is 0 Å². The highest BCUT2D eigenvalue weighted by molar-refractivity contribution is 7.07. The van der Waals surface area contributed by atoms with Gasteiger partial charge in [-0.3, -0.25) is 0 Å². The van der Waals surface area contributed by atoms with Gasteiger partial charge in [0, 0.05) is 12.1 Å². The van der Waals surface area contributed by atoms with Crippen LogP contribution in [0.1, 0.15) is 18.1 Å². The van der Waals surface area contributed by atoms with E-state index >= 15 is 0 Å². The van der Waals surface area contributed by atoms with E-state index in [1.807, 2.05) is 26.1 Å². The molecule has 2 aromatic rings. The third-order valence-corrected chi connectivity index (χ3v) is 3.42. The first-order valence-electron chi connectivity index (χ1n) is 6.38. The zero-order chi connectivity index (χ0) is 13.5. The Morgan fingerprint density at radius 1 is 1.21 bits per heavy atom. The average molecular weight is 277 g/mol. The first-order chi connectivity index (χ1) is 9.35. The molecule has 0 radical (unpaired) electrons. The Morgan fingerprint density at radius 3 is 2.79 bits per heavy atom. The summed E-state index contributed by atoms with van der Waals surface area (Å²) >= 11 is 1.68. The first-order valence-corrected chi connectivity index (χ1v) is 7.32. The summed E-state index contributed by atoms with van der Waals surface area (Å²) in [6.07, 6.45) is 0. The average Bonchev–Trinajstić information content (AvgIpc) is 2.92. The zero-order valence-corrected chi connectivity index (χ0v) is 12.1. The van der Waals surface area contributed by atoms with E-state index in [1.165, 1.54) is 5.56 Å². The van der Waals surface area contributed by atoms with Crippen molar-refractivity contribution in [1.82, 2.24) is 5.32 Å². The van der Waals surface area contributed by atoms with Crippen molar-refractivity contribution in [2.75, 3.05) is 13.7 Å². The molecule has 1 aromatic carbocycles. The molecule has 0 aliphatic carbocycles. The number of para-hydroxylation sites is 1. The lowest BCUT2D eigenvalue weighted by atomic mass is 10.2. The highest BCUT2D eigenvalue weighted by Crippen LogP contribution is 2.32. The van der Waals surface area contributed by atoms with Gasteiger partial charge in [-0.25, -0.2) is 0 Å². The minimum absolute atomic E-state index is 0.574. The fourth-order valence-corrected chi connectivity index (χ4v) is 2.51. The minimum Gasteiger partial charge on any atom is -0.490 e. The predicted octanol–water partition coefficient (Wildman–Crippen LogP) is 3.45. The maximum atomic E-state index is 5.96. The molecule has 0 aliphatic heterocycles. The van der Waals surface area contributed by atoms with E-state index < -0.39 is 0 Å². The molecule has 19 heavy (non-hydrogen) atoms. The van der Waals surface area contributed by atoms with Gasteiger partial charge in [-0.1, -0.05) is 12.1 Å². The highest BCUT2D eigenvalue weighted by atomic mass is 32.1. The van der Waals surface area contributed by atoms with E-state index in [0.29, 0.717) is 13.2 Å². The molecule has 0 fully saturated rings. The molecule has 2 rings (SSSR count). The van der Waals surface area contributed by atoms with Gasteiger partial charge in [0.1, 0.15) is 6.61 Å². The Labute approximate surface area is 118 Å². The van der Waals surface area contributed by atoms with Crippen molar-refractivity contribution >= 4 is 11.3 Å². The molecule has 0 atom stereocenters. The second kappa shape index (κ2) is 7.16. The largest absolute Gasteiger partial charge is 0.490 e. The highest BCUT2D eigenvalue weighted by Gasteiger charge is 2.10. The number of hydrogen-bond donors (Lipinski definition) is 1. The summed E-state index contributed by atoms with van der Waals surface area (Å²) < 4.78 is 11.6. The first kappa shape index (κ1) is 13.9. The normalized spacial score (nSPS) is 10.4. The number of ether oxygens (including phenoxy) is 2. The summed E-state index contributed by atoms with van der Waals surface area (Å²) in [6, 6.07) is 8.08. The molecule has 0 spiro atoms. The topological polar surface area (TPSA) is 30.5 Å². The van der Waals surface area contributed by atoms with Crippen molar-refractivity contribution < 1.29 is 9.47 Å².